The highest BCUT2D eigenvalue weighted by atomic mass is 35.5. The summed E-state index contributed by atoms with van der Waals surface area (Å²) in [6.45, 7) is 0. The van der Waals surface area contributed by atoms with Crippen LogP contribution in [0.25, 0.3) is 0 Å². The first-order valence-electron chi connectivity index (χ1n) is 2.80. The summed E-state index contributed by atoms with van der Waals surface area (Å²) in [6.07, 6.45) is -0.932. The van der Waals surface area contributed by atoms with Crippen molar-refractivity contribution < 1.29 is 14.8 Å². The third-order valence-electron chi connectivity index (χ3n) is 1.21. The molecule has 1 aliphatic heterocycles. The minimum absolute atomic E-state index is 0.637. The monoisotopic (exact) mass is 179 g/mol. The Morgan fingerprint density at radius 2 is 2.18 bits per heavy atom. The van der Waals surface area contributed by atoms with Gasteiger partial charge in [0.05, 0.1) is 0 Å². The summed E-state index contributed by atoms with van der Waals surface area (Å²) in [5, 5.41) is 11.5. The smallest absolute Gasteiger partial charge is 0.318 e. The van der Waals surface area contributed by atoms with Crippen LogP contribution in [0.15, 0.2) is 0 Å². The fraction of sp³-hybridized carbons (Fsp3) is 0.500. The molecule has 6 nitrogen and oxygen atoms in total. The molecule has 0 aliphatic carbocycles. The number of nitrogens with one attached hydrogen (secondary N) is 3. The molecule has 1 rings (SSSR count). The predicted molar refractivity (Wildman–Crippen MR) is 35.0 cm³/mol. The molecule has 3 amide bonds. The van der Waals surface area contributed by atoms with Crippen LogP contribution in [0.2, 0.25) is 0 Å². The number of urea groups is 1. The van der Waals surface area contributed by atoms with Crippen molar-refractivity contribution in [1.82, 2.24) is 16.1 Å². The zero-order valence-electron chi connectivity index (χ0n) is 5.30. The maximum absolute atomic E-state index is 10.7. The molecule has 62 valence electrons. The van der Waals surface area contributed by atoms with Crippen LogP contribution >= 0.6 is 11.6 Å². The van der Waals surface area contributed by atoms with E-state index in [0.29, 0.717) is 0 Å². The summed E-state index contributed by atoms with van der Waals surface area (Å²) in [7, 11) is 0. The molecule has 1 heterocycles. The van der Waals surface area contributed by atoms with E-state index in [9.17, 15) is 9.59 Å². The van der Waals surface area contributed by atoms with Crippen molar-refractivity contribution in [3.05, 3.63) is 0 Å². The van der Waals surface area contributed by atoms with Gasteiger partial charge in [-0.3, -0.25) is 10.1 Å². The Hall–Kier alpha value is -0.850. The topological polar surface area (TPSA) is 90.5 Å². The number of amides is 3. The Morgan fingerprint density at radius 3 is 2.73 bits per heavy atom. The minimum Gasteiger partial charge on any atom is -0.318 e. The van der Waals surface area contributed by atoms with Gasteiger partial charge >= 0.3 is 6.03 Å². The van der Waals surface area contributed by atoms with Crippen molar-refractivity contribution in [1.29, 1.82) is 0 Å². The van der Waals surface area contributed by atoms with Crippen LogP contribution < -0.4 is 16.1 Å². The number of carbonyl (C=O) groups is 2. The molecule has 1 saturated heterocycles. The average Bonchev–Trinajstić information content (AvgIpc) is 1.96. The molecule has 0 spiro atoms. The zero-order chi connectivity index (χ0) is 8.43. The Kier molecular flexibility index (Phi) is 2.28. The number of hydrogen-bond acceptors (Lipinski definition) is 4. The van der Waals surface area contributed by atoms with E-state index in [2.05, 4.69) is 5.32 Å². The van der Waals surface area contributed by atoms with Crippen LogP contribution in [0, 0.1) is 0 Å². The van der Waals surface area contributed by atoms with E-state index in [1.807, 2.05) is 5.32 Å². The van der Waals surface area contributed by atoms with Gasteiger partial charge in [0, 0.05) is 0 Å². The molecule has 4 N–H and O–H groups in total. The van der Waals surface area contributed by atoms with Gasteiger partial charge in [0.25, 0.3) is 0 Å². The predicted octanol–water partition coefficient (Wildman–Crippen LogP) is -1.26. The lowest BCUT2D eigenvalue weighted by atomic mass is 10.3. The molecule has 0 aromatic heterocycles. The van der Waals surface area contributed by atoms with Crippen LogP contribution in [0.3, 0.4) is 0 Å². The van der Waals surface area contributed by atoms with Gasteiger partial charge in [-0.25, -0.2) is 4.79 Å². The number of halogens is 1. The summed E-state index contributed by atoms with van der Waals surface area (Å²) in [4.78, 5) is 21.3. The number of hydrogen-bond donors (Lipinski definition) is 4. The first kappa shape index (κ1) is 8.25. The molecular formula is C4H6ClN3O3. The Labute approximate surface area is 66.9 Å². The minimum atomic E-state index is -1.00. The largest absolute Gasteiger partial charge is 0.322 e. The van der Waals surface area contributed by atoms with E-state index in [1.165, 1.54) is 0 Å². The standard InChI is InChI=1S/C4H6ClN3O3/c5-1-2(8-11)6-4(10)7-3(1)9/h1-2,8,11H,(H2,6,7,9,10). The van der Waals surface area contributed by atoms with Gasteiger partial charge in [-0.2, -0.15) is 5.48 Å². The van der Waals surface area contributed by atoms with E-state index >= 15 is 0 Å². The third-order valence-corrected chi connectivity index (χ3v) is 1.66. The zero-order valence-corrected chi connectivity index (χ0v) is 6.05. The van der Waals surface area contributed by atoms with Gasteiger partial charge in [0.2, 0.25) is 5.91 Å². The van der Waals surface area contributed by atoms with E-state index < -0.39 is 23.5 Å². The molecule has 0 bridgehead atoms. The van der Waals surface area contributed by atoms with Crippen molar-refractivity contribution >= 4 is 23.5 Å². The molecule has 2 atom stereocenters. The molecule has 11 heavy (non-hydrogen) atoms. The number of carbonyl (C=O) groups excluding carboxylic acids is 2. The molecule has 2 unspecified atom stereocenters. The van der Waals surface area contributed by atoms with E-state index in [-0.39, 0.29) is 0 Å². The highest BCUT2D eigenvalue weighted by Crippen LogP contribution is 2.03. The van der Waals surface area contributed by atoms with Gasteiger partial charge in [0.15, 0.2) is 0 Å². The molecule has 0 aromatic rings. The van der Waals surface area contributed by atoms with Gasteiger partial charge in [-0.15, -0.1) is 11.6 Å². The Morgan fingerprint density at radius 1 is 1.55 bits per heavy atom. The maximum Gasteiger partial charge on any atom is 0.322 e. The van der Waals surface area contributed by atoms with E-state index in [4.69, 9.17) is 16.8 Å². The molecular weight excluding hydrogens is 174 g/mol. The molecule has 7 heteroatoms. The highest BCUT2D eigenvalue weighted by molar-refractivity contribution is 6.33. The Bertz CT molecular complexity index is 197. The SMILES string of the molecule is O=C1NC(=O)C(Cl)C(NO)N1. The molecule has 0 saturated carbocycles. The van der Waals surface area contributed by atoms with Gasteiger partial charge in [-0.1, -0.05) is 0 Å². The lowest BCUT2D eigenvalue weighted by Gasteiger charge is -2.25. The first-order valence-corrected chi connectivity index (χ1v) is 3.24. The molecule has 0 aromatic carbocycles. The lowest BCUT2D eigenvalue weighted by molar-refractivity contribution is -0.121. The fourth-order valence-electron chi connectivity index (χ4n) is 0.680. The van der Waals surface area contributed by atoms with Gasteiger partial charge in [0.1, 0.15) is 11.5 Å². The van der Waals surface area contributed by atoms with Crippen molar-refractivity contribution in [3.63, 3.8) is 0 Å². The molecule has 0 radical (unpaired) electrons. The van der Waals surface area contributed by atoms with Crippen LogP contribution in [-0.2, 0) is 4.79 Å². The van der Waals surface area contributed by atoms with E-state index in [0.717, 1.165) is 0 Å². The number of hydroxylamine groups is 1. The van der Waals surface area contributed by atoms with Crippen LogP contribution in [0.1, 0.15) is 0 Å². The Balaban J connectivity index is 2.66. The summed E-state index contributed by atoms with van der Waals surface area (Å²) in [5.41, 5.74) is 1.69. The van der Waals surface area contributed by atoms with Gasteiger partial charge in [-0.05, 0) is 0 Å². The summed E-state index contributed by atoms with van der Waals surface area (Å²) >= 11 is 5.45. The van der Waals surface area contributed by atoms with Crippen molar-refractivity contribution in [2.45, 2.75) is 11.5 Å². The molecule has 1 aliphatic rings. The second kappa shape index (κ2) is 3.04. The normalized spacial score (nSPS) is 31.1. The van der Waals surface area contributed by atoms with Crippen molar-refractivity contribution in [2.75, 3.05) is 0 Å². The number of imide groups is 1. The number of rotatable bonds is 1. The third kappa shape index (κ3) is 1.59. The molecule has 1 fully saturated rings. The van der Waals surface area contributed by atoms with Crippen LogP contribution in [0.5, 0.6) is 0 Å². The lowest BCUT2D eigenvalue weighted by Crippen LogP contribution is -2.63. The van der Waals surface area contributed by atoms with Gasteiger partial charge < -0.3 is 10.5 Å². The number of alkyl halides is 1. The van der Waals surface area contributed by atoms with Crippen molar-refractivity contribution in [2.24, 2.45) is 0 Å². The van der Waals surface area contributed by atoms with Crippen molar-refractivity contribution in [3.8, 4) is 0 Å². The quantitative estimate of drug-likeness (QED) is 0.299. The average molecular weight is 180 g/mol. The first-order chi connectivity index (χ1) is 5.15. The summed E-state index contributed by atoms with van der Waals surface area (Å²) in [5.74, 6) is -0.637. The summed E-state index contributed by atoms with van der Waals surface area (Å²) in [6, 6.07) is -0.682. The summed E-state index contributed by atoms with van der Waals surface area (Å²) < 4.78 is 0. The second-order valence-electron chi connectivity index (χ2n) is 1.97. The fourth-order valence-corrected chi connectivity index (χ4v) is 0.854. The van der Waals surface area contributed by atoms with Crippen LogP contribution in [0.4, 0.5) is 4.79 Å². The highest BCUT2D eigenvalue weighted by Gasteiger charge is 2.33. The second-order valence-corrected chi connectivity index (χ2v) is 2.44. The maximum atomic E-state index is 10.7. The van der Waals surface area contributed by atoms with E-state index in [1.54, 1.807) is 5.48 Å². The van der Waals surface area contributed by atoms with Crippen LogP contribution in [-0.4, -0.2) is 28.7 Å².